The third kappa shape index (κ3) is 2.76. The molecule has 0 saturated carbocycles. The first-order chi connectivity index (χ1) is 11.8. The molecular weight excluding hydrogens is 332 g/mol. The van der Waals surface area contributed by atoms with Crippen LogP contribution in [0.2, 0.25) is 0 Å². The van der Waals surface area contributed by atoms with Gasteiger partial charge in [0.2, 0.25) is 0 Å². The smallest absolute Gasteiger partial charge is 0.285 e. The van der Waals surface area contributed by atoms with E-state index in [2.05, 4.69) is 56.4 Å². The van der Waals surface area contributed by atoms with Crippen molar-refractivity contribution in [1.29, 1.82) is 5.41 Å². The van der Waals surface area contributed by atoms with Gasteiger partial charge in [-0.05, 0) is 36.1 Å². The monoisotopic (exact) mass is 354 g/mol. The summed E-state index contributed by atoms with van der Waals surface area (Å²) in [6.07, 6.45) is -0.268. The van der Waals surface area contributed by atoms with E-state index >= 15 is 0 Å². The maximum absolute atomic E-state index is 8.18. The van der Waals surface area contributed by atoms with Crippen LogP contribution in [-0.2, 0) is 20.8 Å². The van der Waals surface area contributed by atoms with Crippen LogP contribution in [0.5, 0.6) is 0 Å². The van der Waals surface area contributed by atoms with Crippen molar-refractivity contribution in [3.63, 3.8) is 0 Å². The van der Waals surface area contributed by atoms with E-state index in [9.17, 15) is 0 Å². The van der Waals surface area contributed by atoms with Crippen molar-refractivity contribution in [3.05, 3.63) is 59.2 Å². The first-order valence-corrected chi connectivity index (χ1v) is 9.25. The molecular formula is C20H22N2O2S. The zero-order chi connectivity index (χ0) is 17.8. The summed E-state index contributed by atoms with van der Waals surface area (Å²) >= 11 is 1.67. The molecule has 0 amide bonds. The predicted molar refractivity (Wildman–Crippen MR) is 99.0 cm³/mol. The number of nitrogens with one attached hydrogen (secondary N) is 2. The lowest BCUT2D eigenvalue weighted by Crippen LogP contribution is -2.57. The lowest BCUT2D eigenvalue weighted by Gasteiger charge is -2.44. The van der Waals surface area contributed by atoms with Gasteiger partial charge >= 0.3 is 0 Å². The lowest BCUT2D eigenvalue weighted by atomic mass is 9.87. The molecule has 2 aromatic rings. The minimum Gasteiger partial charge on any atom is -0.315 e. The normalized spacial score (nSPS) is 24.8. The van der Waals surface area contributed by atoms with Crippen molar-refractivity contribution in [2.45, 2.75) is 55.1 Å². The van der Waals surface area contributed by atoms with Crippen LogP contribution < -0.4 is 5.32 Å². The molecule has 0 unspecified atom stereocenters. The summed E-state index contributed by atoms with van der Waals surface area (Å²) in [5.41, 5.74) is 3.20. The number of amidine groups is 1. The third-order valence-electron chi connectivity index (χ3n) is 4.53. The molecule has 0 bridgehead atoms. The molecule has 130 valence electrons. The highest BCUT2D eigenvalue weighted by molar-refractivity contribution is 7.99. The van der Waals surface area contributed by atoms with Crippen molar-refractivity contribution >= 4 is 17.6 Å². The molecule has 4 rings (SSSR count). The number of fused-ring (bicyclic) bond motifs is 2. The average molecular weight is 354 g/mol. The van der Waals surface area contributed by atoms with Gasteiger partial charge in [-0.3, -0.25) is 14.9 Å². The molecule has 0 aliphatic carbocycles. The Morgan fingerprint density at radius 1 is 1.08 bits per heavy atom. The van der Waals surface area contributed by atoms with Crippen molar-refractivity contribution in [2.75, 3.05) is 0 Å². The highest BCUT2D eigenvalue weighted by atomic mass is 32.2. The van der Waals surface area contributed by atoms with E-state index in [4.69, 9.17) is 14.9 Å². The molecule has 2 aromatic carbocycles. The Morgan fingerprint density at radius 2 is 1.76 bits per heavy atom. The highest BCUT2D eigenvalue weighted by Gasteiger charge is 2.54. The second-order valence-corrected chi connectivity index (χ2v) is 8.59. The Morgan fingerprint density at radius 3 is 2.36 bits per heavy atom. The predicted octanol–water partition coefficient (Wildman–Crippen LogP) is 4.57. The Kier molecular flexibility index (Phi) is 3.72. The average Bonchev–Trinajstić information content (AvgIpc) is 2.81. The molecule has 2 aliphatic heterocycles. The highest BCUT2D eigenvalue weighted by Crippen LogP contribution is 2.47. The Bertz CT molecular complexity index is 834. The van der Waals surface area contributed by atoms with Crippen molar-refractivity contribution in [2.24, 2.45) is 0 Å². The molecule has 2 heterocycles. The van der Waals surface area contributed by atoms with Gasteiger partial charge in [0, 0.05) is 15.4 Å². The first-order valence-electron chi connectivity index (χ1n) is 8.43. The standard InChI is InChI=1S/C20H22N2O2S/c1-12-23-20(24-12)17-15(18(21)22-20)6-5-7-16(17)25-14-10-8-13(9-11-14)19(2,3)4/h5-12H,1-4H3,(H2,21,22). The molecule has 0 radical (unpaired) electrons. The largest absolute Gasteiger partial charge is 0.315 e. The summed E-state index contributed by atoms with van der Waals surface area (Å²) in [7, 11) is 0. The van der Waals surface area contributed by atoms with Crippen molar-refractivity contribution in [1.82, 2.24) is 5.32 Å². The molecule has 1 fully saturated rings. The fourth-order valence-electron chi connectivity index (χ4n) is 3.26. The number of hydrogen-bond acceptors (Lipinski definition) is 4. The topological polar surface area (TPSA) is 54.3 Å². The fourth-order valence-corrected chi connectivity index (χ4v) is 4.28. The SMILES string of the molecule is CC1OC2(NC(=N)c3cccc(Sc4ccc(C(C)(C)C)cc4)c32)O1. The number of ether oxygens (including phenoxy) is 2. The van der Waals surface area contributed by atoms with Crippen LogP contribution in [0.25, 0.3) is 0 Å². The molecule has 2 aliphatic rings. The summed E-state index contributed by atoms with van der Waals surface area (Å²) in [5, 5.41) is 11.2. The van der Waals surface area contributed by atoms with Gasteiger partial charge in [0.25, 0.3) is 5.91 Å². The maximum atomic E-state index is 8.18. The summed E-state index contributed by atoms with van der Waals surface area (Å²) in [4.78, 5) is 2.20. The zero-order valence-corrected chi connectivity index (χ0v) is 15.7. The van der Waals surface area contributed by atoms with Crippen LogP contribution in [0.15, 0.2) is 52.3 Å². The number of hydrogen-bond donors (Lipinski definition) is 2. The Hall–Kier alpha value is -1.82. The van der Waals surface area contributed by atoms with Crippen molar-refractivity contribution < 1.29 is 9.47 Å². The molecule has 4 nitrogen and oxygen atoms in total. The fraction of sp³-hybridized carbons (Fsp3) is 0.350. The quantitative estimate of drug-likeness (QED) is 0.830. The minimum atomic E-state index is -0.999. The van der Waals surface area contributed by atoms with Gasteiger partial charge < -0.3 is 5.32 Å². The van der Waals surface area contributed by atoms with Crippen LogP contribution in [0, 0.1) is 5.41 Å². The van der Waals surface area contributed by atoms with E-state index in [0.29, 0.717) is 5.84 Å². The van der Waals surface area contributed by atoms with Crippen LogP contribution in [0.1, 0.15) is 44.4 Å². The Balaban J connectivity index is 1.68. The second kappa shape index (κ2) is 5.59. The molecule has 1 spiro atoms. The lowest BCUT2D eigenvalue weighted by molar-refractivity contribution is -0.462. The van der Waals surface area contributed by atoms with Gasteiger partial charge in [0.15, 0.2) is 6.29 Å². The molecule has 2 N–H and O–H groups in total. The number of rotatable bonds is 2. The van der Waals surface area contributed by atoms with Gasteiger partial charge in [0.1, 0.15) is 5.84 Å². The van der Waals surface area contributed by atoms with Crippen LogP contribution >= 0.6 is 11.8 Å². The van der Waals surface area contributed by atoms with E-state index in [1.807, 2.05) is 19.1 Å². The molecule has 0 atom stereocenters. The minimum absolute atomic E-state index is 0.143. The summed E-state index contributed by atoms with van der Waals surface area (Å²) in [6.45, 7) is 8.50. The third-order valence-corrected chi connectivity index (χ3v) is 5.59. The van der Waals surface area contributed by atoms with Gasteiger partial charge in [-0.25, -0.2) is 0 Å². The Labute approximate surface area is 152 Å². The number of benzene rings is 2. The van der Waals surface area contributed by atoms with E-state index in [1.165, 1.54) is 5.56 Å². The summed E-state index contributed by atoms with van der Waals surface area (Å²) in [6, 6.07) is 14.6. The van der Waals surface area contributed by atoms with Crippen LogP contribution in [0.3, 0.4) is 0 Å². The van der Waals surface area contributed by atoms with Crippen molar-refractivity contribution in [3.8, 4) is 0 Å². The second-order valence-electron chi connectivity index (χ2n) is 7.48. The molecule has 25 heavy (non-hydrogen) atoms. The van der Waals surface area contributed by atoms with E-state index < -0.39 is 5.91 Å². The van der Waals surface area contributed by atoms with Gasteiger partial charge in [-0.2, -0.15) is 0 Å². The maximum Gasteiger partial charge on any atom is 0.285 e. The van der Waals surface area contributed by atoms with Gasteiger partial charge in [-0.1, -0.05) is 56.8 Å². The van der Waals surface area contributed by atoms with E-state index in [0.717, 1.165) is 20.9 Å². The molecule has 1 saturated heterocycles. The van der Waals surface area contributed by atoms with E-state index in [1.54, 1.807) is 11.8 Å². The molecule has 5 heteroatoms. The molecule has 0 aromatic heterocycles. The van der Waals surface area contributed by atoms with Crippen LogP contribution in [-0.4, -0.2) is 12.1 Å². The zero-order valence-electron chi connectivity index (χ0n) is 14.8. The summed E-state index contributed by atoms with van der Waals surface area (Å²) < 4.78 is 11.7. The summed E-state index contributed by atoms with van der Waals surface area (Å²) in [5.74, 6) is -0.659. The van der Waals surface area contributed by atoms with Gasteiger partial charge in [-0.15, -0.1) is 0 Å². The first kappa shape index (κ1) is 16.6. The van der Waals surface area contributed by atoms with Crippen LogP contribution in [0.4, 0.5) is 0 Å². The van der Waals surface area contributed by atoms with Gasteiger partial charge in [0.05, 0.1) is 5.56 Å². The van der Waals surface area contributed by atoms with E-state index in [-0.39, 0.29) is 11.7 Å².